The summed E-state index contributed by atoms with van der Waals surface area (Å²) in [5, 5.41) is 2.59. The van der Waals surface area contributed by atoms with E-state index in [0.29, 0.717) is 12.0 Å². The molecule has 0 fully saturated rings. The molecule has 1 aromatic rings. The Labute approximate surface area is 93.8 Å². The second-order valence-corrected chi connectivity index (χ2v) is 3.19. The number of pyridine rings is 1. The van der Waals surface area contributed by atoms with E-state index in [4.69, 9.17) is 0 Å². The van der Waals surface area contributed by atoms with E-state index in [2.05, 4.69) is 15.0 Å². The number of nitrogens with zero attached hydrogens (tertiary/aromatic N) is 1. The van der Waals surface area contributed by atoms with Gasteiger partial charge in [-0.1, -0.05) is 6.92 Å². The van der Waals surface area contributed by atoms with Crippen molar-refractivity contribution < 1.29 is 14.3 Å². The molecule has 1 N–H and O–H groups in total. The first-order valence-corrected chi connectivity index (χ1v) is 4.97. The minimum atomic E-state index is -0.606. The predicted molar refractivity (Wildman–Crippen MR) is 57.8 cm³/mol. The molecule has 5 nitrogen and oxygen atoms in total. The van der Waals surface area contributed by atoms with Crippen LogP contribution in [-0.2, 0) is 9.53 Å². The Kier molecular flexibility index (Phi) is 4.44. The fourth-order valence-electron chi connectivity index (χ4n) is 1.21. The van der Waals surface area contributed by atoms with E-state index >= 15 is 0 Å². The van der Waals surface area contributed by atoms with E-state index in [0.717, 1.165) is 0 Å². The van der Waals surface area contributed by atoms with Gasteiger partial charge in [-0.2, -0.15) is 0 Å². The first kappa shape index (κ1) is 12.2. The summed E-state index contributed by atoms with van der Waals surface area (Å²) < 4.78 is 4.57. The summed E-state index contributed by atoms with van der Waals surface area (Å²) in [6.45, 7) is 1.80. The number of hydrogen-bond acceptors (Lipinski definition) is 4. The molecule has 0 bridgehead atoms. The lowest BCUT2D eigenvalue weighted by Gasteiger charge is -2.14. The summed E-state index contributed by atoms with van der Waals surface area (Å²) in [6.07, 6.45) is 3.53. The topological polar surface area (TPSA) is 68.3 Å². The van der Waals surface area contributed by atoms with Crippen molar-refractivity contribution in [3.63, 3.8) is 0 Å². The van der Waals surface area contributed by atoms with Crippen LogP contribution in [0.4, 0.5) is 0 Å². The Morgan fingerprint density at radius 1 is 1.44 bits per heavy atom. The molecule has 1 heterocycles. The summed E-state index contributed by atoms with van der Waals surface area (Å²) >= 11 is 0. The normalized spacial score (nSPS) is 11.6. The molecule has 0 aliphatic rings. The van der Waals surface area contributed by atoms with Crippen LogP contribution in [0.1, 0.15) is 23.7 Å². The molecule has 1 unspecified atom stereocenters. The molecular weight excluding hydrogens is 208 g/mol. The number of hydrogen-bond donors (Lipinski definition) is 1. The highest BCUT2D eigenvalue weighted by Crippen LogP contribution is 2.00. The largest absolute Gasteiger partial charge is 0.467 e. The van der Waals surface area contributed by atoms with Crippen LogP contribution in [0, 0.1) is 0 Å². The van der Waals surface area contributed by atoms with Crippen molar-refractivity contribution >= 4 is 11.9 Å². The number of ether oxygens (including phenoxy) is 1. The second kappa shape index (κ2) is 5.85. The average molecular weight is 222 g/mol. The van der Waals surface area contributed by atoms with Crippen molar-refractivity contribution in [2.75, 3.05) is 7.11 Å². The number of carbonyl (C=O) groups is 2. The maximum atomic E-state index is 11.7. The van der Waals surface area contributed by atoms with Gasteiger partial charge in [0, 0.05) is 18.0 Å². The van der Waals surface area contributed by atoms with Crippen LogP contribution in [-0.4, -0.2) is 30.0 Å². The predicted octanol–water partition coefficient (Wildman–Crippen LogP) is 0.763. The van der Waals surface area contributed by atoms with Crippen LogP contribution in [0.5, 0.6) is 0 Å². The minimum absolute atomic E-state index is 0.306. The van der Waals surface area contributed by atoms with Gasteiger partial charge in [0.1, 0.15) is 6.04 Å². The lowest BCUT2D eigenvalue weighted by Crippen LogP contribution is -2.41. The molecule has 0 radical (unpaired) electrons. The van der Waals surface area contributed by atoms with E-state index in [1.165, 1.54) is 19.5 Å². The van der Waals surface area contributed by atoms with Gasteiger partial charge >= 0.3 is 5.97 Å². The number of aromatic nitrogens is 1. The number of methoxy groups -OCH3 is 1. The molecule has 0 aliphatic heterocycles. The Morgan fingerprint density at radius 2 is 2.06 bits per heavy atom. The third kappa shape index (κ3) is 3.05. The van der Waals surface area contributed by atoms with Crippen LogP contribution in [0.3, 0.4) is 0 Å². The zero-order valence-corrected chi connectivity index (χ0v) is 9.27. The van der Waals surface area contributed by atoms with Gasteiger partial charge in [0.25, 0.3) is 5.91 Å². The van der Waals surface area contributed by atoms with Crippen LogP contribution in [0.2, 0.25) is 0 Å². The fourth-order valence-corrected chi connectivity index (χ4v) is 1.21. The maximum absolute atomic E-state index is 11.7. The van der Waals surface area contributed by atoms with E-state index < -0.39 is 12.0 Å². The van der Waals surface area contributed by atoms with Crippen LogP contribution >= 0.6 is 0 Å². The van der Waals surface area contributed by atoms with Gasteiger partial charge in [0.05, 0.1) is 7.11 Å². The summed E-state index contributed by atoms with van der Waals surface area (Å²) in [7, 11) is 1.30. The molecule has 0 saturated heterocycles. The third-order valence-corrected chi connectivity index (χ3v) is 2.14. The van der Waals surface area contributed by atoms with Gasteiger partial charge in [-0.15, -0.1) is 0 Å². The number of nitrogens with one attached hydrogen (secondary N) is 1. The summed E-state index contributed by atoms with van der Waals surface area (Å²) in [5.74, 6) is -0.746. The molecule has 1 rings (SSSR count). The van der Waals surface area contributed by atoms with E-state index in [1.807, 2.05) is 0 Å². The molecule has 1 amide bonds. The number of carbonyl (C=O) groups excluding carboxylic acids is 2. The molecule has 1 aromatic heterocycles. The minimum Gasteiger partial charge on any atom is -0.467 e. The quantitative estimate of drug-likeness (QED) is 0.764. The van der Waals surface area contributed by atoms with Gasteiger partial charge in [-0.05, 0) is 18.6 Å². The van der Waals surface area contributed by atoms with Crippen molar-refractivity contribution in [1.29, 1.82) is 0 Å². The van der Waals surface area contributed by atoms with Crippen molar-refractivity contribution in [2.24, 2.45) is 0 Å². The van der Waals surface area contributed by atoms with Crippen LogP contribution in [0.25, 0.3) is 0 Å². The van der Waals surface area contributed by atoms with E-state index in [9.17, 15) is 9.59 Å². The van der Waals surface area contributed by atoms with Crippen LogP contribution in [0.15, 0.2) is 24.5 Å². The SMILES string of the molecule is CCC(NC(=O)c1ccncc1)C(=O)OC. The van der Waals surface area contributed by atoms with Gasteiger partial charge < -0.3 is 10.1 Å². The molecule has 0 aromatic carbocycles. The molecule has 5 heteroatoms. The van der Waals surface area contributed by atoms with Gasteiger partial charge in [0.2, 0.25) is 0 Å². The molecule has 0 spiro atoms. The van der Waals surface area contributed by atoms with Crippen LogP contribution < -0.4 is 5.32 Å². The first-order chi connectivity index (χ1) is 7.69. The number of amides is 1. The Hall–Kier alpha value is -1.91. The Bertz CT molecular complexity index is 365. The highest BCUT2D eigenvalue weighted by molar-refractivity contribution is 5.96. The zero-order chi connectivity index (χ0) is 12.0. The summed E-state index contributed by atoms with van der Waals surface area (Å²) in [4.78, 5) is 26.8. The Morgan fingerprint density at radius 3 is 2.56 bits per heavy atom. The molecule has 16 heavy (non-hydrogen) atoms. The average Bonchev–Trinajstić information content (AvgIpc) is 2.35. The number of rotatable bonds is 4. The van der Waals surface area contributed by atoms with Gasteiger partial charge in [-0.3, -0.25) is 9.78 Å². The van der Waals surface area contributed by atoms with Crippen molar-refractivity contribution in [3.8, 4) is 0 Å². The molecule has 0 saturated carbocycles. The highest BCUT2D eigenvalue weighted by Gasteiger charge is 2.19. The monoisotopic (exact) mass is 222 g/mol. The highest BCUT2D eigenvalue weighted by atomic mass is 16.5. The third-order valence-electron chi connectivity index (χ3n) is 2.14. The summed E-state index contributed by atoms with van der Waals surface area (Å²) in [6, 6.07) is 2.56. The van der Waals surface area contributed by atoms with E-state index in [1.54, 1.807) is 19.1 Å². The Balaban J connectivity index is 2.66. The molecule has 86 valence electrons. The molecule has 1 atom stereocenters. The lowest BCUT2D eigenvalue weighted by molar-refractivity contribution is -0.142. The van der Waals surface area contributed by atoms with Crippen molar-refractivity contribution in [1.82, 2.24) is 10.3 Å². The van der Waals surface area contributed by atoms with Crippen molar-refractivity contribution in [2.45, 2.75) is 19.4 Å². The first-order valence-electron chi connectivity index (χ1n) is 4.97. The number of esters is 1. The maximum Gasteiger partial charge on any atom is 0.328 e. The van der Waals surface area contributed by atoms with Crippen molar-refractivity contribution in [3.05, 3.63) is 30.1 Å². The lowest BCUT2D eigenvalue weighted by atomic mass is 10.2. The standard InChI is InChI=1S/C11H14N2O3/c1-3-9(11(15)16-2)13-10(14)8-4-6-12-7-5-8/h4-7,9H,3H2,1-2H3,(H,13,14). The van der Waals surface area contributed by atoms with Gasteiger partial charge in [0.15, 0.2) is 0 Å². The summed E-state index contributed by atoms with van der Waals surface area (Å²) in [5.41, 5.74) is 0.470. The zero-order valence-electron chi connectivity index (χ0n) is 9.27. The second-order valence-electron chi connectivity index (χ2n) is 3.19. The van der Waals surface area contributed by atoms with E-state index in [-0.39, 0.29) is 5.91 Å². The molecule has 0 aliphatic carbocycles. The van der Waals surface area contributed by atoms with Gasteiger partial charge in [-0.25, -0.2) is 4.79 Å². The molecular formula is C11H14N2O3. The fraction of sp³-hybridized carbons (Fsp3) is 0.364. The smallest absolute Gasteiger partial charge is 0.328 e.